The molecule has 31 heavy (non-hydrogen) atoms. The van der Waals surface area contributed by atoms with Crippen molar-refractivity contribution in [3.05, 3.63) is 48.0 Å². The molecule has 2 aromatic carbocycles. The maximum atomic E-state index is 12.7. The quantitative estimate of drug-likeness (QED) is 0.787. The Balaban J connectivity index is 1.65. The van der Waals surface area contributed by atoms with Crippen LogP contribution in [0.25, 0.3) is 11.1 Å². The molecule has 2 aliphatic rings. The number of carbonyl (C=O) groups is 3. The normalized spacial score (nSPS) is 18.5. The third-order valence-electron chi connectivity index (χ3n) is 6.09. The zero-order valence-electron chi connectivity index (χ0n) is 17.9. The van der Waals surface area contributed by atoms with Gasteiger partial charge in [-0.15, -0.1) is 0 Å². The molecule has 162 valence electrons. The van der Waals surface area contributed by atoms with Crippen molar-refractivity contribution in [2.75, 3.05) is 29.4 Å². The zero-order chi connectivity index (χ0) is 22.1. The molecule has 2 aromatic rings. The summed E-state index contributed by atoms with van der Waals surface area (Å²) in [6.07, 6.45) is 2.23. The second-order valence-corrected chi connectivity index (χ2v) is 8.26. The van der Waals surface area contributed by atoms with Gasteiger partial charge in [-0.1, -0.05) is 18.2 Å². The van der Waals surface area contributed by atoms with Gasteiger partial charge in [0.1, 0.15) is 0 Å². The largest absolute Gasteiger partial charge is 0.465 e. The predicted molar refractivity (Wildman–Crippen MR) is 120 cm³/mol. The van der Waals surface area contributed by atoms with Crippen LogP contribution in [0.2, 0.25) is 0 Å². The van der Waals surface area contributed by atoms with Gasteiger partial charge in [0, 0.05) is 32.1 Å². The van der Waals surface area contributed by atoms with Gasteiger partial charge >= 0.3 is 6.09 Å². The third-order valence-corrected chi connectivity index (χ3v) is 6.09. The Morgan fingerprint density at radius 1 is 0.903 bits per heavy atom. The van der Waals surface area contributed by atoms with E-state index in [1.54, 1.807) is 17.0 Å². The number of carbonyl (C=O) groups excluding carboxylic acids is 2. The smallest absolute Gasteiger partial charge is 0.411 e. The average Bonchev–Trinajstić information content (AvgIpc) is 2.78. The number of fused-ring (bicyclic) bond motifs is 1. The first-order valence-corrected chi connectivity index (χ1v) is 10.7. The summed E-state index contributed by atoms with van der Waals surface area (Å²) in [5, 5.41) is 9.69. The Morgan fingerprint density at radius 2 is 1.55 bits per heavy atom. The van der Waals surface area contributed by atoms with Crippen molar-refractivity contribution in [3.63, 3.8) is 0 Å². The topological polar surface area (TPSA) is 81.2 Å². The summed E-state index contributed by atoms with van der Waals surface area (Å²) in [5.74, 6) is -0.0630. The van der Waals surface area contributed by atoms with E-state index in [4.69, 9.17) is 0 Å². The van der Waals surface area contributed by atoms with Crippen LogP contribution in [0.4, 0.5) is 16.2 Å². The van der Waals surface area contributed by atoms with E-state index in [-0.39, 0.29) is 24.4 Å². The minimum absolute atomic E-state index is 0.0554. The van der Waals surface area contributed by atoms with E-state index in [9.17, 15) is 19.5 Å². The van der Waals surface area contributed by atoms with Crippen molar-refractivity contribution in [1.29, 1.82) is 0 Å². The van der Waals surface area contributed by atoms with Crippen molar-refractivity contribution in [2.24, 2.45) is 0 Å². The molecule has 1 N–H and O–H groups in total. The summed E-state index contributed by atoms with van der Waals surface area (Å²) in [5.41, 5.74) is 3.46. The molecule has 0 aliphatic carbocycles. The van der Waals surface area contributed by atoms with Crippen LogP contribution in [0.5, 0.6) is 0 Å². The Labute approximate surface area is 181 Å². The summed E-state index contributed by atoms with van der Waals surface area (Å²) in [6.45, 7) is 5.16. The number of rotatable bonds is 2. The number of benzene rings is 2. The number of nitrogens with zero attached hydrogens (tertiary/aromatic N) is 3. The van der Waals surface area contributed by atoms with E-state index in [0.29, 0.717) is 16.9 Å². The summed E-state index contributed by atoms with van der Waals surface area (Å²) < 4.78 is 0. The van der Waals surface area contributed by atoms with Gasteiger partial charge in [0.2, 0.25) is 5.91 Å². The second kappa shape index (κ2) is 8.41. The Bertz CT molecular complexity index is 1010. The summed E-state index contributed by atoms with van der Waals surface area (Å²) in [6, 6.07) is 12.7. The number of hydrogen-bond donors (Lipinski definition) is 1. The van der Waals surface area contributed by atoms with Crippen LogP contribution < -0.4 is 9.80 Å². The van der Waals surface area contributed by atoms with Crippen LogP contribution in [0.3, 0.4) is 0 Å². The third kappa shape index (κ3) is 4.00. The molecule has 7 heteroatoms. The van der Waals surface area contributed by atoms with Crippen LogP contribution in [0.15, 0.2) is 42.5 Å². The average molecular weight is 421 g/mol. The fraction of sp³-hybridized carbons (Fsp3) is 0.375. The number of anilines is 2. The molecule has 7 nitrogen and oxygen atoms in total. The van der Waals surface area contributed by atoms with Gasteiger partial charge in [-0.05, 0) is 61.6 Å². The highest BCUT2D eigenvalue weighted by Crippen LogP contribution is 2.39. The maximum Gasteiger partial charge on any atom is 0.411 e. The minimum atomic E-state index is -1.05. The van der Waals surface area contributed by atoms with Gasteiger partial charge in [-0.25, -0.2) is 4.79 Å². The van der Waals surface area contributed by atoms with Gasteiger partial charge in [0.15, 0.2) is 0 Å². The van der Waals surface area contributed by atoms with Crippen molar-refractivity contribution >= 4 is 29.3 Å². The molecule has 2 heterocycles. The molecule has 1 fully saturated rings. The first-order valence-electron chi connectivity index (χ1n) is 10.7. The van der Waals surface area contributed by atoms with Crippen LogP contribution in [-0.4, -0.2) is 53.6 Å². The summed E-state index contributed by atoms with van der Waals surface area (Å²) in [4.78, 5) is 41.5. The molecule has 2 aliphatic heterocycles. The first kappa shape index (κ1) is 20.9. The van der Waals surface area contributed by atoms with Crippen LogP contribution in [0, 0.1) is 0 Å². The van der Waals surface area contributed by atoms with Crippen molar-refractivity contribution in [2.45, 2.75) is 39.2 Å². The monoisotopic (exact) mass is 421 g/mol. The van der Waals surface area contributed by atoms with E-state index in [1.807, 2.05) is 42.2 Å². The zero-order valence-corrected chi connectivity index (χ0v) is 17.9. The lowest BCUT2D eigenvalue weighted by molar-refractivity contribution is -0.117. The van der Waals surface area contributed by atoms with Crippen molar-refractivity contribution in [1.82, 2.24) is 4.90 Å². The second-order valence-electron chi connectivity index (χ2n) is 8.26. The van der Waals surface area contributed by atoms with E-state index in [1.165, 1.54) is 18.2 Å². The number of piperidine rings is 1. The molecule has 0 bridgehead atoms. The lowest BCUT2D eigenvalue weighted by Gasteiger charge is -2.39. The van der Waals surface area contributed by atoms with Gasteiger partial charge < -0.3 is 14.9 Å². The van der Waals surface area contributed by atoms with Crippen LogP contribution >= 0.6 is 0 Å². The van der Waals surface area contributed by atoms with Crippen LogP contribution in [0.1, 0.15) is 43.5 Å². The van der Waals surface area contributed by atoms with E-state index >= 15 is 0 Å². The number of carboxylic acid groups (broad SMARTS) is 1. The first-order chi connectivity index (χ1) is 14.9. The van der Waals surface area contributed by atoms with Gasteiger partial charge in [0.25, 0.3) is 5.91 Å². The maximum absolute atomic E-state index is 12.7. The number of likely N-dealkylation sites (tertiary alicyclic amines) is 1. The molecule has 0 radical (unpaired) electrons. The fourth-order valence-electron chi connectivity index (χ4n) is 4.55. The lowest BCUT2D eigenvalue weighted by Crippen LogP contribution is -2.51. The van der Waals surface area contributed by atoms with Gasteiger partial charge in [0.05, 0.1) is 17.4 Å². The molecule has 0 spiro atoms. The van der Waals surface area contributed by atoms with Crippen LogP contribution in [-0.2, 0) is 4.79 Å². The van der Waals surface area contributed by atoms with Gasteiger partial charge in [-0.2, -0.15) is 0 Å². The molecule has 1 atom stereocenters. The van der Waals surface area contributed by atoms with Crippen molar-refractivity contribution < 1.29 is 19.5 Å². The molecular weight excluding hydrogens is 394 g/mol. The fourth-order valence-corrected chi connectivity index (χ4v) is 4.55. The summed E-state index contributed by atoms with van der Waals surface area (Å²) >= 11 is 0. The molecular formula is C24H27N3O4. The highest BCUT2D eigenvalue weighted by Gasteiger charge is 2.33. The Morgan fingerprint density at radius 3 is 2.16 bits per heavy atom. The lowest BCUT2D eigenvalue weighted by atomic mass is 9.99. The van der Waals surface area contributed by atoms with E-state index in [0.717, 1.165) is 37.1 Å². The highest BCUT2D eigenvalue weighted by molar-refractivity contribution is 6.03. The van der Waals surface area contributed by atoms with Crippen molar-refractivity contribution in [3.8, 4) is 11.1 Å². The van der Waals surface area contributed by atoms with E-state index < -0.39 is 6.09 Å². The highest BCUT2D eigenvalue weighted by atomic mass is 16.4. The number of amides is 3. The molecule has 3 amide bonds. The Kier molecular flexibility index (Phi) is 5.67. The SMILES string of the molecule is CC(=O)N1c2ccc(-c3ccc(C(=O)N4CCCCC4)cc3)cc2N(C(=O)O)C[C@@H]1C. The number of hydrogen-bond acceptors (Lipinski definition) is 3. The van der Waals surface area contributed by atoms with Gasteiger partial charge in [-0.3, -0.25) is 14.5 Å². The Hall–Kier alpha value is -3.35. The molecule has 0 unspecified atom stereocenters. The summed E-state index contributed by atoms with van der Waals surface area (Å²) in [7, 11) is 0. The van der Waals surface area contributed by atoms with E-state index in [2.05, 4.69) is 0 Å². The molecule has 1 saturated heterocycles. The predicted octanol–water partition coefficient (Wildman–Crippen LogP) is 4.22. The minimum Gasteiger partial charge on any atom is -0.465 e. The molecule has 4 rings (SSSR count). The molecule has 0 aromatic heterocycles. The standard InChI is InChI=1S/C24H27N3O4/c1-16-15-26(24(30)31)22-14-20(10-11-21(22)27(16)17(2)28)18-6-8-19(9-7-18)23(29)25-12-4-3-5-13-25/h6-11,14,16H,3-5,12-13,15H2,1-2H3,(H,30,31)/t16-/m0/s1. The molecule has 0 saturated carbocycles.